The topological polar surface area (TPSA) is 90.7 Å². The molecule has 2 saturated carbocycles. The fourth-order valence-corrected chi connectivity index (χ4v) is 4.82. The maximum atomic E-state index is 14.3. The first kappa shape index (κ1) is 21.7. The minimum absolute atomic E-state index is 0.308. The predicted octanol–water partition coefficient (Wildman–Crippen LogP) is 2.02. The van der Waals surface area contributed by atoms with Gasteiger partial charge in [-0.15, -0.1) is 0 Å². The van der Waals surface area contributed by atoms with Gasteiger partial charge >= 0.3 is 6.03 Å². The molecule has 7 nitrogen and oxygen atoms in total. The highest BCUT2D eigenvalue weighted by molar-refractivity contribution is 5.87. The van der Waals surface area contributed by atoms with Crippen LogP contribution in [0.15, 0.2) is 0 Å². The summed E-state index contributed by atoms with van der Waals surface area (Å²) >= 11 is 0. The van der Waals surface area contributed by atoms with Crippen LogP contribution in [-0.4, -0.2) is 71.6 Å². The number of urea groups is 1. The lowest BCUT2D eigenvalue weighted by atomic mass is 9.72. The van der Waals surface area contributed by atoms with Gasteiger partial charge in [-0.3, -0.25) is 9.69 Å². The van der Waals surface area contributed by atoms with Crippen molar-refractivity contribution in [1.82, 2.24) is 20.4 Å². The van der Waals surface area contributed by atoms with Crippen LogP contribution in [0.5, 0.6) is 0 Å². The maximum Gasteiger partial charge on any atom is 0.318 e. The molecule has 170 valence electrons. The van der Waals surface area contributed by atoms with E-state index in [0.29, 0.717) is 37.8 Å². The lowest BCUT2D eigenvalue weighted by Crippen LogP contribution is -2.62. The van der Waals surface area contributed by atoms with E-state index in [1.807, 2.05) is 0 Å². The fraction of sp³-hybridized carbons (Fsp3) is 0.905. The molecule has 2 saturated heterocycles. The number of piperidine rings is 1. The van der Waals surface area contributed by atoms with Crippen molar-refractivity contribution in [3.05, 3.63) is 0 Å². The van der Waals surface area contributed by atoms with Crippen molar-refractivity contribution >= 4 is 11.9 Å². The second kappa shape index (κ2) is 7.89. The molecule has 2 heterocycles. The zero-order valence-corrected chi connectivity index (χ0v) is 17.9. The summed E-state index contributed by atoms with van der Waals surface area (Å²) in [5.41, 5.74) is 5.42. The number of nitrogens with two attached hydrogens (primary N) is 1. The number of carbonyl (C=O) groups excluding carboxylic acids is 2. The molecule has 4 N–H and O–H groups in total. The maximum absolute atomic E-state index is 14.3. The molecule has 4 aliphatic rings. The van der Waals surface area contributed by atoms with E-state index >= 15 is 0 Å². The number of nitrogens with zero attached hydrogens (tertiary/aromatic N) is 2. The molecule has 2 aliphatic heterocycles. The molecule has 0 unspecified atom stereocenters. The Morgan fingerprint density at radius 1 is 1.17 bits per heavy atom. The third-order valence-electron chi connectivity index (χ3n) is 7.15. The van der Waals surface area contributed by atoms with Crippen LogP contribution in [0, 0.1) is 5.41 Å². The van der Waals surface area contributed by atoms with E-state index in [1.165, 1.54) is 12.8 Å². The number of hydrogen-bond donors (Lipinski definition) is 3. The number of rotatable bonds is 8. The van der Waals surface area contributed by atoms with Crippen LogP contribution >= 0.6 is 0 Å². The molecule has 3 amide bonds. The summed E-state index contributed by atoms with van der Waals surface area (Å²) in [6, 6.07) is -0.944. The molecule has 0 aromatic rings. The number of halogens is 2. The van der Waals surface area contributed by atoms with Crippen LogP contribution in [0.3, 0.4) is 0 Å². The molecule has 0 aromatic heterocycles. The summed E-state index contributed by atoms with van der Waals surface area (Å²) in [4.78, 5) is 29.6. The van der Waals surface area contributed by atoms with Crippen LogP contribution < -0.4 is 16.4 Å². The number of nitrogens with one attached hydrogen (secondary N) is 2. The lowest BCUT2D eigenvalue weighted by molar-refractivity contribution is -0.127. The third kappa shape index (κ3) is 5.04. The van der Waals surface area contributed by atoms with Gasteiger partial charge in [-0.2, -0.15) is 0 Å². The first-order valence-corrected chi connectivity index (χ1v) is 11.4. The van der Waals surface area contributed by atoms with Gasteiger partial charge in [0.15, 0.2) is 0 Å². The van der Waals surface area contributed by atoms with Gasteiger partial charge in [-0.05, 0) is 43.9 Å². The Labute approximate surface area is 177 Å². The summed E-state index contributed by atoms with van der Waals surface area (Å²) in [6.45, 7) is 5.10. The lowest BCUT2D eigenvalue weighted by Gasteiger charge is -2.54. The van der Waals surface area contributed by atoms with Crippen LogP contribution in [0.2, 0.25) is 0 Å². The van der Waals surface area contributed by atoms with Crippen molar-refractivity contribution in [1.29, 1.82) is 0 Å². The second-order valence-corrected chi connectivity index (χ2v) is 10.1. The highest BCUT2D eigenvalue weighted by atomic mass is 19.3. The van der Waals surface area contributed by atoms with Gasteiger partial charge in [0.25, 0.3) is 5.92 Å². The highest BCUT2D eigenvalue weighted by Crippen LogP contribution is 2.45. The number of alkyl halides is 2. The van der Waals surface area contributed by atoms with Crippen molar-refractivity contribution in [3.63, 3.8) is 0 Å². The molecule has 4 fully saturated rings. The monoisotopic (exact) mass is 427 g/mol. The molecule has 1 spiro atoms. The fourth-order valence-electron chi connectivity index (χ4n) is 4.82. The van der Waals surface area contributed by atoms with E-state index in [1.54, 1.807) is 11.8 Å². The van der Waals surface area contributed by atoms with Gasteiger partial charge < -0.3 is 21.3 Å². The number of likely N-dealkylation sites (tertiary alicyclic amines) is 2. The Morgan fingerprint density at radius 3 is 2.33 bits per heavy atom. The van der Waals surface area contributed by atoms with Gasteiger partial charge in [0.2, 0.25) is 5.91 Å². The van der Waals surface area contributed by atoms with Gasteiger partial charge in [0, 0.05) is 45.1 Å². The van der Waals surface area contributed by atoms with Crippen molar-refractivity contribution < 1.29 is 18.4 Å². The molecular weight excluding hydrogens is 392 g/mol. The van der Waals surface area contributed by atoms with Crippen LogP contribution in [0.4, 0.5) is 13.6 Å². The molecular formula is C21H35F2N5O2. The zero-order valence-electron chi connectivity index (χ0n) is 17.9. The zero-order chi connectivity index (χ0) is 21.6. The quantitative estimate of drug-likeness (QED) is 0.517. The number of carbonyl (C=O) groups is 2. The van der Waals surface area contributed by atoms with E-state index < -0.39 is 36.0 Å². The largest absolute Gasteiger partial charge is 0.336 e. The van der Waals surface area contributed by atoms with Crippen molar-refractivity contribution in [2.75, 3.05) is 26.2 Å². The normalized spacial score (nSPS) is 26.1. The molecule has 0 bridgehead atoms. The first-order valence-electron chi connectivity index (χ1n) is 11.4. The average molecular weight is 428 g/mol. The standard InChI is InChI=1S/C21H35F2N5O2/c1-2-5-20(22,23)12-16(17(29)26-21(24)6-7-21)25-18(30)27-10-8-19(9-11-27)13-28(14-19)15-3-4-15/h15-16H,2-14,24H2,1H3,(H,25,30)(H,26,29)/t16-/m0/s1. The van der Waals surface area contributed by atoms with Crippen LogP contribution in [-0.2, 0) is 4.79 Å². The molecule has 1 atom stereocenters. The first-order chi connectivity index (χ1) is 14.1. The minimum atomic E-state index is -3.01. The Bertz CT molecular complexity index is 664. The second-order valence-electron chi connectivity index (χ2n) is 10.1. The van der Waals surface area contributed by atoms with Crippen molar-refractivity contribution in [3.8, 4) is 0 Å². The molecule has 0 radical (unpaired) electrons. The van der Waals surface area contributed by atoms with Gasteiger partial charge in [-0.25, -0.2) is 13.6 Å². The summed E-state index contributed by atoms with van der Waals surface area (Å²) in [5.74, 6) is -3.63. The molecule has 4 rings (SSSR count). The Kier molecular flexibility index (Phi) is 5.72. The number of amides is 3. The molecule has 30 heavy (non-hydrogen) atoms. The van der Waals surface area contributed by atoms with E-state index in [0.717, 1.165) is 32.0 Å². The Hall–Kier alpha value is -1.48. The molecule has 2 aliphatic carbocycles. The summed E-state index contributed by atoms with van der Waals surface area (Å²) in [6.07, 6.45) is 5.00. The predicted molar refractivity (Wildman–Crippen MR) is 109 cm³/mol. The minimum Gasteiger partial charge on any atom is -0.336 e. The average Bonchev–Trinajstić information content (AvgIpc) is 3.57. The smallest absolute Gasteiger partial charge is 0.318 e. The third-order valence-corrected chi connectivity index (χ3v) is 7.15. The molecule has 0 aromatic carbocycles. The summed E-state index contributed by atoms with van der Waals surface area (Å²) in [5, 5.41) is 5.20. The highest BCUT2D eigenvalue weighted by Gasteiger charge is 2.50. The molecule has 9 heteroatoms. The van der Waals surface area contributed by atoms with Crippen LogP contribution in [0.1, 0.15) is 64.7 Å². The number of hydrogen-bond acceptors (Lipinski definition) is 4. The van der Waals surface area contributed by atoms with Gasteiger partial charge in [-0.1, -0.05) is 13.3 Å². The SMILES string of the molecule is CCCC(F)(F)C[C@H](NC(=O)N1CCC2(CC1)CN(C1CC1)C2)C(=O)NC1(N)CC1. The van der Waals surface area contributed by atoms with Gasteiger partial charge in [0.05, 0.1) is 5.66 Å². The van der Waals surface area contributed by atoms with E-state index in [-0.39, 0.29) is 6.42 Å². The Balaban J connectivity index is 1.31. The Morgan fingerprint density at radius 2 is 1.80 bits per heavy atom. The van der Waals surface area contributed by atoms with Crippen LogP contribution in [0.25, 0.3) is 0 Å². The summed E-state index contributed by atoms with van der Waals surface area (Å²) in [7, 11) is 0. The van der Waals surface area contributed by atoms with E-state index in [4.69, 9.17) is 5.73 Å². The summed E-state index contributed by atoms with van der Waals surface area (Å²) < 4.78 is 28.5. The van der Waals surface area contributed by atoms with E-state index in [2.05, 4.69) is 15.5 Å². The van der Waals surface area contributed by atoms with Crippen molar-refractivity contribution in [2.45, 2.75) is 88.4 Å². The van der Waals surface area contributed by atoms with Crippen molar-refractivity contribution in [2.24, 2.45) is 11.1 Å². The van der Waals surface area contributed by atoms with E-state index in [9.17, 15) is 18.4 Å². The van der Waals surface area contributed by atoms with Gasteiger partial charge in [0.1, 0.15) is 6.04 Å².